The topological polar surface area (TPSA) is 81.1 Å². The highest BCUT2D eigenvalue weighted by Gasteiger charge is 2.37. The standard InChI is InChI=1S/C19H18ClN5O2S/c1-11-22-23-19-25(11)24-16(12-7-9-13(20)10-8-12)17(28-19)18(26)21-14-5-3-4-6-15(14)27-2/h3-10,16-17,24H,1-2H3,(H,21,26)/t16-,17+/m0/s1. The fourth-order valence-electron chi connectivity index (χ4n) is 3.03. The second-order valence-electron chi connectivity index (χ2n) is 6.25. The highest BCUT2D eigenvalue weighted by atomic mass is 35.5. The third-order valence-electron chi connectivity index (χ3n) is 4.45. The van der Waals surface area contributed by atoms with E-state index in [0.29, 0.717) is 21.6 Å². The van der Waals surface area contributed by atoms with Gasteiger partial charge < -0.3 is 15.5 Å². The fraction of sp³-hybridized carbons (Fsp3) is 0.211. The number of benzene rings is 2. The van der Waals surface area contributed by atoms with E-state index in [4.69, 9.17) is 16.3 Å². The van der Waals surface area contributed by atoms with E-state index in [1.54, 1.807) is 17.9 Å². The maximum Gasteiger partial charge on any atom is 0.240 e. The third kappa shape index (κ3) is 3.53. The Kier molecular flexibility index (Phi) is 5.15. The second-order valence-corrected chi connectivity index (χ2v) is 7.80. The maximum atomic E-state index is 13.2. The summed E-state index contributed by atoms with van der Waals surface area (Å²) in [4.78, 5) is 13.2. The quantitative estimate of drug-likeness (QED) is 0.677. The molecule has 144 valence electrons. The molecule has 1 aliphatic heterocycles. The smallest absolute Gasteiger partial charge is 0.240 e. The average Bonchev–Trinajstić information content (AvgIpc) is 3.08. The molecule has 2 aromatic carbocycles. The lowest BCUT2D eigenvalue weighted by Crippen LogP contribution is -2.41. The summed E-state index contributed by atoms with van der Waals surface area (Å²) >= 11 is 7.40. The van der Waals surface area contributed by atoms with Gasteiger partial charge in [-0.05, 0) is 36.8 Å². The molecular weight excluding hydrogens is 398 g/mol. The summed E-state index contributed by atoms with van der Waals surface area (Å²) in [6.07, 6.45) is 0. The summed E-state index contributed by atoms with van der Waals surface area (Å²) in [5.74, 6) is 1.17. The number of anilines is 1. The van der Waals surface area contributed by atoms with Gasteiger partial charge in [0.15, 0.2) is 0 Å². The van der Waals surface area contributed by atoms with Crippen molar-refractivity contribution in [3.8, 4) is 5.75 Å². The maximum absolute atomic E-state index is 13.2. The number of nitrogens with one attached hydrogen (secondary N) is 2. The zero-order chi connectivity index (χ0) is 19.7. The Labute approximate surface area is 171 Å². The van der Waals surface area contributed by atoms with Crippen LogP contribution >= 0.6 is 23.4 Å². The Balaban J connectivity index is 1.67. The Bertz CT molecular complexity index is 1010. The Morgan fingerprint density at radius 2 is 1.96 bits per heavy atom. The number of carbonyl (C=O) groups excluding carboxylic acids is 1. The van der Waals surface area contributed by atoms with Crippen LogP contribution in [-0.2, 0) is 4.79 Å². The number of nitrogens with zero attached hydrogens (tertiary/aromatic N) is 3. The van der Waals surface area contributed by atoms with Crippen LogP contribution in [0.4, 0.5) is 5.69 Å². The molecule has 0 unspecified atom stereocenters. The molecule has 1 aliphatic rings. The molecule has 28 heavy (non-hydrogen) atoms. The number of ether oxygens (including phenoxy) is 1. The Morgan fingerprint density at radius 1 is 1.21 bits per heavy atom. The molecule has 0 saturated heterocycles. The summed E-state index contributed by atoms with van der Waals surface area (Å²) in [5, 5.41) is 12.0. The lowest BCUT2D eigenvalue weighted by Gasteiger charge is -2.32. The van der Waals surface area contributed by atoms with Crippen LogP contribution in [0.3, 0.4) is 0 Å². The van der Waals surface area contributed by atoms with Gasteiger partial charge in [-0.1, -0.05) is 47.6 Å². The molecule has 0 fully saturated rings. The van der Waals surface area contributed by atoms with E-state index in [-0.39, 0.29) is 11.9 Å². The molecular formula is C19H18ClN5O2S. The third-order valence-corrected chi connectivity index (χ3v) is 5.92. The van der Waals surface area contributed by atoms with Crippen LogP contribution in [0.2, 0.25) is 5.02 Å². The van der Waals surface area contributed by atoms with Crippen LogP contribution in [-0.4, -0.2) is 33.1 Å². The van der Waals surface area contributed by atoms with Gasteiger partial charge in [-0.2, -0.15) is 0 Å². The van der Waals surface area contributed by atoms with Gasteiger partial charge in [-0.25, -0.2) is 4.68 Å². The lowest BCUT2D eigenvalue weighted by atomic mass is 10.0. The minimum atomic E-state index is -0.470. The summed E-state index contributed by atoms with van der Waals surface area (Å²) in [5.41, 5.74) is 4.92. The monoisotopic (exact) mass is 415 g/mol. The first-order valence-corrected chi connectivity index (χ1v) is 9.87. The molecule has 1 amide bonds. The first-order chi connectivity index (χ1) is 13.6. The Morgan fingerprint density at radius 3 is 2.71 bits per heavy atom. The summed E-state index contributed by atoms with van der Waals surface area (Å²) in [7, 11) is 1.57. The number of methoxy groups -OCH3 is 1. The van der Waals surface area contributed by atoms with E-state index in [9.17, 15) is 4.79 Å². The van der Waals surface area contributed by atoms with E-state index >= 15 is 0 Å². The van der Waals surface area contributed by atoms with Gasteiger partial charge in [-0.3, -0.25) is 4.79 Å². The van der Waals surface area contributed by atoms with E-state index in [1.165, 1.54) is 11.8 Å². The van der Waals surface area contributed by atoms with Gasteiger partial charge in [0, 0.05) is 5.02 Å². The fourth-order valence-corrected chi connectivity index (χ4v) is 4.28. The van der Waals surface area contributed by atoms with Crippen molar-refractivity contribution in [1.82, 2.24) is 14.9 Å². The van der Waals surface area contributed by atoms with E-state index in [0.717, 1.165) is 11.4 Å². The highest BCUT2D eigenvalue weighted by molar-refractivity contribution is 8.00. The molecule has 0 aliphatic carbocycles. The zero-order valence-corrected chi connectivity index (χ0v) is 16.8. The van der Waals surface area contributed by atoms with Crippen molar-refractivity contribution in [3.63, 3.8) is 0 Å². The van der Waals surface area contributed by atoms with Crippen molar-refractivity contribution < 1.29 is 9.53 Å². The normalized spacial score (nSPS) is 18.1. The minimum Gasteiger partial charge on any atom is -0.495 e. The number of aromatic nitrogens is 3. The van der Waals surface area contributed by atoms with Gasteiger partial charge in [0.2, 0.25) is 11.1 Å². The van der Waals surface area contributed by atoms with Crippen LogP contribution in [0.1, 0.15) is 17.4 Å². The van der Waals surface area contributed by atoms with Gasteiger partial charge in [0.1, 0.15) is 16.8 Å². The molecule has 2 heterocycles. The number of fused-ring (bicyclic) bond motifs is 1. The van der Waals surface area contributed by atoms with E-state index in [2.05, 4.69) is 20.9 Å². The Hall–Kier alpha value is -2.71. The molecule has 0 spiro atoms. The van der Waals surface area contributed by atoms with Crippen LogP contribution in [0.25, 0.3) is 0 Å². The molecule has 3 aromatic rings. The number of halogens is 1. The molecule has 9 heteroatoms. The molecule has 2 atom stereocenters. The molecule has 0 radical (unpaired) electrons. The first-order valence-electron chi connectivity index (χ1n) is 8.61. The molecule has 0 saturated carbocycles. The second kappa shape index (κ2) is 7.73. The molecule has 7 nitrogen and oxygen atoms in total. The first kappa shape index (κ1) is 18.6. The van der Waals surface area contributed by atoms with Crippen LogP contribution < -0.4 is 15.5 Å². The predicted molar refractivity (Wildman–Crippen MR) is 110 cm³/mol. The van der Waals surface area contributed by atoms with Gasteiger partial charge in [0.25, 0.3) is 0 Å². The summed E-state index contributed by atoms with van der Waals surface area (Å²) < 4.78 is 7.14. The van der Waals surface area contributed by atoms with Crippen molar-refractivity contribution in [1.29, 1.82) is 0 Å². The largest absolute Gasteiger partial charge is 0.495 e. The van der Waals surface area contributed by atoms with Crippen molar-refractivity contribution in [2.45, 2.75) is 23.4 Å². The van der Waals surface area contributed by atoms with Gasteiger partial charge in [0.05, 0.1) is 18.8 Å². The summed E-state index contributed by atoms with van der Waals surface area (Å²) in [6, 6.07) is 14.5. The number of thioether (sulfide) groups is 1. The van der Waals surface area contributed by atoms with Gasteiger partial charge in [-0.15, -0.1) is 10.2 Å². The zero-order valence-electron chi connectivity index (χ0n) is 15.2. The molecule has 0 bridgehead atoms. The lowest BCUT2D eigenvalue weighted by molar-refractivity contribution is -0.116. The van der Waals surface area contributed by atoms with Crippen LogP contribution in [0, 0.1) is 6.92 Å². The number of aryl methyl sites for hydroxylation is 1. The number of para-hydroxylation sites is 2. The number of rotatable bonds is 4. The van der Waals surface area contributed by atoms with Crippen molar-refractivity contribution in [2.75, 3.05) is 17.9 Å². The predicted octanol–water partition coefficient (Wildman–Crippen LogP) is 3.65. The number of amides is 1. The van der Waals surface area contributed by atoms with E-state index in [1.807, 2.05) is 49.4 Å². The SMILES string of the molecule is COc1ccccc1NC(=O)[C@@H]1Sc2nnc(C)n2N[C@H]1c1ccc(Cl)cc1. The molecule has 2 N–H and O–H groups in total. The van der Waals surface area contributed by atoms with E-state index < -0.39 is 5.25 Å². The van der Waals surface area contributed by atoms with Crippen molar-refractivity contribution in [3.05, 3.63) is 64.9 Å². The van der Waals surface area contributed by atoms with Crippen LogP contribution in [0.5, 0.6) is 5.75 Å². The number of carbonyl (C=O) groups is 1. The average molecular weight is 416 g/mol. The van der Waals surface area contributed by atoms with Crippen molar-refractivity contribution in [2.24, 2.45) is 0 Å². The van der Waals surface area contributed by atoms with Gasteiger partial charge >= 0.3 is 0 Å². The molecule has 1 aromatic heterocycles. The molecule has 4 rings (SSSR count). The van der Waals surface area contributed by atoms with Crippen LogP contribution in [0.15, 0.2) is 53.7 Å². The minimum absolute atomic E-state index is 0.158. The van der Waals surface area contributed by atoms with Crippen molar-refractivity contribution >= 4 is 35.0 Å². The number of hydrogen-bond acceptors (Lipinski definition) is 6. The number of hydrogen-bond donors (Lipinski definition) is 2. The summed E-state index contributed by atoms with van der Waals surface area (Å²) in [6.45, 7) is 1.86. The highest BCUT2D eigenvalue weighted by Crippen LogP contribution is 2.38.